The van der Waals surface area contributed by atoms with Crippen molar-refractivity contribution >= 4 is 11.6 Å². The van der Waals surface area contributed by atoms with Gasteiger partial charge in [-0.1, -0.05) is 37.6 Å². The van der Waals surface area contributed by atoms with Crippen LogP contribution in [0, 0.1) is 0 Å². The Bertz CT molecular complexity index is 474. The summed E-state index contributed by atoms with van der Waals surface area (Å²) in [6.07, 6.45) is 2.95. The summed E-state index contributed by atoms with van der Waals surface area (Å²) in [4.78, 5) is 0. The summed E-state index contributed by atoms with van der Waals surface area (Å²) in [5, 5.41) is 4.12. The first-order valence-corrected chi connectivity index (χ1v) is 7.76. The van der Waals surface area contributed by atoms with Gasteiger partial charge in [0.15, 0.2) is 11.5 Å². The van der Waals surface area contributed by atoms with Crippen molar-refractivity contribution in [3.05, 3.63) is 34.9 Å². The van der Waals surface area contributed by atoms with Crippen LogP contribution in [-0.4, -0.2) is 20.8 Å². The van der Waals surface area contributed by atoms with E-state index in [1.165, 1.54) is 5.57 Å². The van der Waals surface area contributed by atoms with Crippen molar-refractivity contribution in [3.8, 4) is 11.5 Å². The van der Waals surface area contributed by atoms with E-state index in [1.807, 2.05) is 12.1 Å². The maximum atomic E-state index is 6.31. The number of methoxy groups -OCH3 is 2. The third kappa shape index (κ3) is 4.94. The van der Waals surface area contributed by atoms with Crippen LogP contribution in [-0.2, 0) is 0 Å². The smallest absolute Gasteiger partial charge is 0.179 e. The van der Waals surface area contributed by atoms with Crippen LogP contribution in [0.4, 0.5) is 0 Å². The van der Waals surface area contributed by atoms with Crippen molar-refractivity contribution in [1.82, 2.24) is 5.32 Å². The zero-order valence-corrected chi connectivity index (χ0v) is 14.2. The van der Waals surface area contributed by atoms with Gasteiger partial charge in [-0.2, -0.15) is 0 Å². The molecule has 3 nitrogen and oxygen atoms in total. The van der Waals surface area contributed by atoms with Crippen LogP contribution in [0.3, 0.4) is 0 Å². The van der Waals surface area contributed by atoms with Gasteiger partial charge in [-0.3, -0.25) is 0 Å². The van der Waals surface area contributed by atoms with Crippen LogP contribution in [0.5, 0.6) is 11.5 Å². The van der Waals surface area contributed by atoms with Crippen molar-refractivity contribution in [1.29, 1.82) is 0 Å². The van der Waals surface area contributed by atoms with Gasteiger partial charge in [-0.05, 0) is 43.5 Å². The fourth-order valence-corrected chi connectivity index (χ4v) is 2.49. The zero-order chi connectivity index (χ0) is 15.8. The lowest BCUT2D eigenvalue weighted by Crippen LogP contribution is -2.22. The second-order valence-corrected chi connectivity index (χ2v) is 5.46. The summed E-state index contributed by atoms with van der Waals surface area (Å²) in [6, 6.07) is 4.12. The molecule has 118 valence electrons. The molecule has 0 fully saturated rings. The maximum absolute atomic E-state index is 6.31. The Hall–Kier alpha value is -1.19. The first kappa shape index (κ1) is 17.9. The van der Waals surface area contributed by atoms with Crippen LogP contribution < -0.4 is 14.8 Å². The van der Waals surface area contributed by atoms with E-state index in [0.29, 0.717) is 16.5 Å². The van der Waals surface area contributed by atoms with Gasteiger partial charge in [0, 0.05) is 6.04 Å². The topological polar surface area (TPSA) is 30.5 Å². The third-order valence-corrected chi connectivity index (χ3v) is 3.77. The molecular weight excluding hydrogens is 286 g/mol. The molecule has 0 aliphatic carbocycles. The number of ether oxygens (including phenoxy) is 2. The van der Waals surface area contributed by atoms with Gasteiger partial charge >= 0.3 is 0 Å². The van der Waals surface area contributed by atoms with Gasteiger partial charge in [-0.25, -0.2) is 0 Å². The largest absolute Gasteiger partial charge is 0.493 e. The van der Waals surface area contributed by atoms with Crippen molar-refractivity contribution in [2.75, 3.05) is 20.8 Å². The van der Waals surface area contributed by atoms with Gasteiger partial charge < -0.3 is 14.8 Å². The fraction of sp³-hybridized carbons (Fsp3) is 0.529. The molecule has 0 aromatic heterocycles. The molecule has 1 rings (SSSR count). The minimum absolute atomic E-state index is 0.190. The van der Waals surface area contributed by atoms with Gasteiger partial charge in [0.25, 0.3) is 0 Å². The van der Waals surface area contributed by atoms with E-state index in [-0.39, 0.29) is 6.04 Å². The standard InChI is InChI=1S/C17H26ClNO2/c1-6-8-19-15(9-12(3)7-2)13-10-14(18)17(21-5)16(11-13)20-4/h10-11,15,19H,3,6-9H2,1-2,4-5H3. The highest BCUT2D eigenvalue weighted by Gasteiger charge is 2.17. The highest BCUT2D eigenvalue weighted by atomic mass is 35.5. The van der Waals surface area contributed by atoms with Gasteiger partial charge in [0.2, 0.25) is 0 Å². The summed E-state index contributed by atoms with van der Waals surface area (Å²) < 4.78 is 10.7. The number of rotatable bonds is 9. The zero-order valence-electron chi connectivity index (χ0n) is 13.5. The Kier molecular flexibility index (Phi) is 7.62. The molecule has 0 radical (unpaired) electrons. The molecule has 0 saturated heterocycles. The van der Waals surface area contributed by atoms with E-state index in [9.17, 15) is 0 Å². The summed E-state index contributed by atoms with van der Waals surface area (Å²) >= 11 is 6.31. The second-order valence-electron chi connectivity index (χ2n) is 5.05. The van der Waals surface area contributed by atoms with Gasteiger partial charge in [0.05, 0.1) is 19.2 Å². The van der Waals surface area contributed by atoms with Crippen LogP contribution in [0.15, 0.2) is 24.3 Å². The van der Waals surface area contributed by atoms with E-state index in [0.717, 1.165) is 31.4 Å². The summed E-state index contributed by atoms with van der Waals surface area (Å²) in [7, 11) is 3.21. The number of benzene rings is 1. The van der Waals surface area contributed by atoms with Crippen LogP contribution in [0.1, 0.15) is 44.7 Å². The van der Waals surface area contributed by atoms with E-state index >= 15 is 0 Å². The second kappa shape index (κ2) is 8.96. The monoisotopic (exact) mass is 311 g/mol. The molecule has 0 spiro atoms. The minimum Gasteiger partial charge on any atom is -0.493 e. The molecule has 1 aromatic carbocycles. The average Bonchev–Trinajstić information content (AvgIpc) is 2.50. The molecule has 0 saturated carbocycles. The Balaban J connectivity index is 3.11. The molecule has 0 aliphatic rings. The van der Waals surface area contributed by atoms with Crippen molar-refractivity contribution in [3.63, 3.8) is 0 Å². The van der Waals surface area contributed by atoms with Gasteiger partial charge in [-0.15, -0.1) is 0 Å². The SMILES string of the molecule is C=C(CC)CC(NCCC)c1cc(Cl)c(OC)c(OC)c1. The molecule has 21 heavy (non-hydrogen) atoms. The highest BCUT2D eigenvalue weighted by Crippen LogP contribution is 2.38. The maximum Gasteiger partial charge on any atom is 0.179 e. The van der Waals surface area contributed by atoms with Crippen LogP contribution >= 0.6 is 11.6 Å². The molecule has 1 atom stereocenters. The molecule has 0 amide bonds. The van der Waals surface area contributed by atoms with E-state index in [4.69, 9.17) is 21.1 Å². The Morgan fingerprint density at radius 3 is 2.52 bits per heavy atom. The van der Waals surface area contributed by atoms with E-state index in [2.05, 4.69) is 25.7 Å². The lowest BCUT2D eigenvalue weighted by molar-refractivity contribution is 0.354. The third-order valence-electron chi connectivity index (χ3n) is 3.49. The van der Waals surface area contributed by atoms with Crippen molar-refractivity contribution < 1.29 is 9.47 Å². The first-order valence-electron chi connectivity index (χ1n) is 7.38. The molecule has 0 aliphatic heterocycles. The predicted octanol–water partition coefficient (Wildman–Crippen LogP) is 4.75. The van der Waals surface area contributed by atoms with Crippen LogP contribution in [0.25, 0.3) is 0 Å². The molecule has 4 heteroatoms. The normalized spacial score (nSPS) is 12.0. The molecular formula is C17H26ClNO2. The van der Waals surface area contributed by atoms with E-state index in [1.54, 1.807) is 14.2 Å². The number of hydrogen-bond donors (Lipinski definition) is 1. The molecule has 1 aromatic rings. The number of hydrogen-bond acceptors (Lipinski definition) is 3. The Morgan fingerprint density at radius 1 is 1.29 bits per heavy atom. The molecule has 1 N–H and O–H groups in total. The lowest BCUT2D eigenvalue weighted by Gasteiger charge is -2.22. The predicted molar refractivity (Wildman–Crippen MR) is 89.6 cm³/mol. The molecule has 1 unspecified atom stereocenters. The highest BCUT2D eigenvalue weighted by molar-refractivity contribution is 6.32. The fourth-order valence-electron chi connectivity index (χ4n) is 2.20. The molecule has 0 bridgehead atoms. The molecule has 0 heterocycles. The van der Waals surface area contributed by atoms with Crippen molar-refractivity contribution in [2.45, 2.75) is 39.2 Å². The first-order chi connectivity index (χ1) is 10.1. The van der Waals surface area contributed by atoms with Crippen molar-refractivity contribution in [2.24, 2.45) is 0 Å². The Morgan fingerprint density at radius 2 is 2.00 bits per heavy atom. The Labute approximate surface area is 133 Å². The lowest BCUT2D eigenvalue weighted by atomic mass is 9.97. The minimum atomic E-state index is 0.190. The van der Waals surface area contributed by atoms with E-state index < -0.39 is 0 Å². The number of halogens is 1. The van der Waals surface area contributed by atoms with Gasteiger partial charge in [0.1, 0.15) is 0 Å². The summed E-state index contributed by atoms with van der Waals surface area (Å²) in [5.41, 5.74) is 2.32. The summed E-state index contributed by atoms with van der Waals surface area (Å²) in [6.45, 7) is 9.35. The van der Waals surface area contributed by atoms with Crippen LogP contribution in [0.2, 0.25) is 5.02 Å². The summed E-state index contributed by atoms with van der Waals surface area (Å²) in [5.74, 6) is 1.23. The number of nitrogens with one attached hydrogen (secondary N) is 1. The quantitative estimate of drug-likeness (QED) is 0.667. The average molecular weight is 312 g/mol.